The Labute approximate surface area is 140 Å². The molecule has 1 aliphatic rings. The van der Waals surface area contributed by atoms with E-state index in [-0.39, 0.29) is 11.9 Å². The first-order valence-electron chi connectivity index (χ1n) is 7.99. The lowest BCUT2D eigenvalue weighted by Crippen LogP contribution is -2.39. The van der Waals surface area contributed by atoms with Gasteiger partial charge in [0.2, 0.25) is 0 Å². The van der Waals surface area contributed by atoms with Crippen LogP contribution in [0.15, 0.2) is 67.3 Å². The van der Waals surface area contributed by atoms with Crippen molar-refractivity contribution in [2.75, 3.05) is 6.54 Å². The van der Waals surface area contributed by atoms with E-state index in [0.29, 0.717) is 5.56 Å². The topological polar surface area (TPSA) is 59.0 Å². The van der Waals surface area contributed by atoms with Crippen molar-refractivity contribution >= 4 is 5.91 Å². The number of nitrogens with zero attached hydrogens (tertiary/aromatic N) is 2. The van der Waals surface area contributed by atoms with E-state index in [1.54, 1.807) is 12.5 Å². The molecule has 0 aliphatic carbocycles. The first-order chi connectivity index (χ1) is 11.8. The number of aromatic nitrogens is 2. The Balaban J connectivity index is 1.51. The number of hydrogen-bond acceptors (Lipinski definition) is 3. The van der Waals surface area contributed by atoms with Crippen LogP contribution in [-0.2, 0) is 6.54 Å². The van der Waals surface area contributed by atoms with Crippen LogP contribution >= 0.6 is 0 Å². The molecule has 2 aromatic carbocycles. The van der Waals surface area contributed by atoms with E-state index in [9.17, 15) is 4.79 Å². The maximum absolute atomic E-state index is 12.6. The third kappa shape index (κ3) is 2.81. The van der Waals surface area contributed by atoms with Crippen molar-refractivity contribution in [2.24, 2.45) is 0 Å². The third-order valence-corrected chi connectivity index (χ3v) is 4.33. The van der Waals surface area contributed by atoms with Gasteiger partial charge in [0, 0.05) is 36.7 Å². The smallest absolute Gasteiger partial charge is 0.251 e. The largest absolute Gasteiger partial charge is 0.344 e. The van der Waals surface area contributed by atoms with Crippen LogP contribution in [0.25, 0.3) is 5.69 Å². The van der Waals surface area contributed by atoms with Gasteiger partial charge < -0.3 is 15.2 Å². The second kappa shape index (κ2) is 6.29. The fourth-order valence-corrected chi connectivity index (χ4v) is 3.06. The van der Waals surface area contributed by atoms with Gasteiger partial charge in [0.25, 0.3) is 5.91 Å². The number of benzene rings is 2. The summed E-state index contributed by atoms with van der Waals surface area (Å²) in [5, 5.41) is 6.48. The van der Waals surface area contributed by atoms with Gasteiger partial charge in [-0.2, -0.15) is 0 Å². The number of nitrogens with one attached hydrogen (secondary N) is 2. The van der Waals surface area contributed by atoms with Crippen molar-refractivity contribution in [2.45, 2.75) is 12.6 Å². The summed E-state index contributed by atoms with van der Waals surface area (Å²) in [7, 11) is 0. The van der Waals surface area contributed by atoms with Crippen LogP contribution < -0.4 is 10.6 Å². The van der Waals surface area contributed by atoms with Crippen LogP contribution in [0.1, 0.15) is 27.5 Å². The van der Waals surface area contributed by atoms with Crippen LogP contribution in [0.3, 0.4) is 0 Å². The second-order valence-electron chi connectivity index (χ2n) is 5.87. The average Bonchev–Trinajstić information content (AvgIpc) is 3.17. The number of carbonyl (C=O) groups is 1. The lowest BCUT2D eigenvalue weighted by molar-refractivity contribution is 0.0934. The van der Waals surface area contributed by atoms with Crippen molar-refractivity contribution < 1.29 is 4.79 Å². The summed E-state index contributed by atoms with van der Waals surface area (Å²) in [6.07, 6.45) is 5.34. The highest BCUT2D eigenvalue weighted by atomic mass is 16.1. The Morgan fingerprint density at radius 1 is 1.17 bits per heavy atom. The van der Waals surface area contributed by atoms with E-state index in [1.807, 2.05) is 47.2 Å². The number of amides is 1. The molecule has 1 aromatic heterocycles. The summed E-state index contributed by atoms with van der Waals surface area (Å²) in [6, 6.07) is 15.7. The van der Waals surface area contributed by atoms with Crippen molar-refractivity contribution in [3.8, 4) is 5.69 Å². The monoisotopic (exact) mass is 318 g/mol. The van der Waals surface area contributed by atoms with E-state index >= 15 is 0 Å². The van der Waals surface area contributed by atoms with Gasteiger partial charge in [0.15, 0.2) is 0 Å². The summed E-state index contributed by atoms with van der Waals surface area (Å²) < 4.78 is 1.91. The third-order valence-electron chi connectivity index (χ3n) is 4.33. The first kappa shape index (κ1) is 14.7. The molecule has 0 bridgehead atoms. The quantitative estimate of drug-likeness (QED) is 0.780. The summed E-state index contributed by atoms with van der Waals surface area (Å²) in [5.74, 6) is -0.0596. The molecule has 3 aromatic rings. The molecule has 0 saturated carbocycles. The summed E-state index contributed by atoms with van der Waals surface area (Å²) >= 11 is 0. The molecule has 1 unspecified atom stereocenters. The van der Waals surface area contributed by atoms with Crippen molar-refractivity contribution in [3.63, 3.8) is 0 Å². The van der Waals surface area contributed by atoms with E-state index in [0.717, 1.165) is 18.8 Å². The minimum atomic E-state index is -0.0596. The molecule has 2 heterocycles. The Morgan fingerprint density at radius 2 is 2.00 bits per heavy atom. The molecule has 120 valence electrons. The molecule has 0 radical (unpaired) electrons. The lowest BCUT2D eigenvalue weighted by Gasteiger charge is -2.27. The van der Waals surface area contributed by atoms with Gasteiger partial charge in [-0.15, -0.1) is 0 Å². The van der Waals surface area contributed by atoms with Gasteiger partial charge in [0.05, 0.1) is 12.4 Å². The average molecular weight is 318 g/mol. The molecule has 24 heavy (non-hydrogen) atoms. The van der Waals surface area contributed by atoms with Gasteiger partial charge >= 0.3 is 0 Å². The standard InChI is InChI=1S/C19H18N4O/c24-19(14-5-7-16(8-6-14)23-10-9-20-13-23)22-18-12-21-11-15-3-1-2-4-17(15)18/h1-10,13,18,21H,11-12H2,(H,22,24). The summed E-state index contributed by atoms with van der Waals surface area (Å²) in [6.45, 7) is 1.60. The molecule has 1 aliphatic heterocycles. The van der Waals surface area contributed by atoms with E-state index in [4.69, 9.17) is 0 Å². The van der Waals surface area contributed by atoms with E-state index < -0.39 is 0 Å². The molecule has 1 atom stereocenters. The fourth-order valence-electron chi connectivity index (χ4n) is 3.06. The minimum absolute atomic E-state index is 0.00391. The molecule has 0 saturated heterocycles. The van der Waals surface area contributed by atoms with E-state index in [2.05, 4.69) is 27.8 Å². The van der Waals surface area contributed by atoms with Crippen LogP contribution in [0.2, 0.25) is 0 Å². The number of rotatable bonds is 3. The lowest BCUT2D eigenvalue weighted by atomic mass is 9.96. The highest BCUT2D eigenvalue weighted by Crippen LogP contribution is 2.22. The number of fused-ring (bicyclic) bond motifs is 1. The number of carbonyl (C=O) groups excluding carboxylic acids is 1. The Kier molecular flexibility index (Phi) is 3.84. The van der Waals surface area contributed by atoms with Gasteiger partial charge in [-0.25, -0.2) is 4.98 Å². The highest BCUT2D eigenvalue weighted by molar-refractivity contribution is 5.94. The molecule has 0 fully saturated rings. The molecule has 2 N–H and O–H groups in total. The van der Waals surface area contributed by atoms with Gasteiger partial charge in [-0.3, -0.25) is 4.79 Å². The zero-order valence-corrected chi connectivity index (χ0v) is 13.1. The molecule has 0 spiro atoms. The summed E-state index contributed by atoms with van der Waals surface area (Å²) in [5.41, 5.74) is 4.07. The molecule has 4 rings (SSSR count). The molecular weight excluding hydrogens is 300 g/mol. The zero-order chi connectivity index (χ0) is 16.4. The van der Waals surface area contributed by atoms with Crippen LogP contribution in [0, 0.1) is 0 Å². The van der Waals surface area contributed by atoms with Gasteiger partial charge in [-0.1, -0.05) is 24.3 Å². The molecular formula is C19H18N4O. The maximum Gasteiger partial charge on any atom is 0.251 e. The Hall–Kier alpha value is -2.92. The van der Waals surface area contributed by atoms with Crippen molar-refractivity contribution in [1.29, 1.82) is 0 Å². The fraction of sp³-hybridized carbons (Fsp3) is 0.158. The minimum Gasteiger partial charge on any atom is -0.344 e. The molecule has 5 nitrogen and oxygen atoms in total. The van der Waals surface area contributed by atoms with Crippen molar-refractivity contribution in [1.82, 2.24) is 20.2 Å². The van der Waals surface area contributed by atoms with Crippen LogP contribution in [-0.4, -0.2) is 22.0 Å². The number of hydrogen-bond donors (Lipinski definition) is 2. The predicted molar refractivity (Wildman–Crippen MR) is 91.9 cm³/mol. The highest BCUT2D eigenvalue weighted by Gasteiger charge is 2.21. The van der Waals surface area contributed by atoms with Crippen molar-refractivity contribution in [3.05, 3.63) is 83.9 Å². The molecule has 1 amide bonds. The molecule has 5 heteroatoms. The second-order valence-corrected chi connectivity index (χ2v) is 5.87. The van der Waals surface area contributed by atoms with Gasteiger partial charge in [-0.05, 0) is 35.4 Å². The predicted octanol–water partition coefficient (Wildman–Crippen LogP) is 2.45. The maximum atomic E-state index is 12.6. The number of imidazole rings is 1. The first-order valence-corrected chi connectivity index (χ1v) is 7.99. The SMILES string of the molecule is O=C(NC1CNCc2ccccc21)c1ccc(-n2ccnc2)cc1. The van der Waals surface area contributed by atoms with Crippen LogP contribution in [0.4, 0.5) is 0 Å². The Morgan fingerprint density at radius 3 is 2.79 bits per heavy atom. The zero-order valence-electron chi connectivity index (χ0n) is 13.1. The van der Waals surface area contributed by atoms with Crippen LogP contribution in [0.5, 0.6) is 0 Å². The van der Waals surface area contributed by atoms with E-state index in [1.165, 1.54) is 11.1 Å². The normalized spacial score (nSPS) is 16.4. The summed E-state index contributed by atoms with van der Waals surface area (Å²) in [4.78, 5) is 16.6. The Bertz CT molecular complexity index is 840. The van der Waals surface area contributed by atoms with Gasteiger partial charge in [0.1, 0.15) is 0 Å².